The fraction of sp³-hybridized carbons (Fsp3) is 0.318. The monoisotopic (exact) mass is 470 g/mol. The summed E-state index contributed by atoms with van der Waals surface area (Å²) in [5.74, 6) is 1.29. The first-order chi connectivity index (χ1) is 15.6. The number of hydrogen-bond donors (Lipinski definition) is 2. The number of anilines is 3. The van der Waals surface area contributed by atoms with E-state index in [1.165, 1.54) is 12.8 Å². The van der Waals surface area contributed by atoms with Crippen molar-refractivity contribution in [1.29, 1.82) is 0 Å². The number of thiophene rings is 1. The van der Waals surface area contributed by atoms with Crippen molar-refractivity contribution < 1.29 is 13.7 Å². The zero-order chi connectivity index (χ0) is 22.3. The van der Waals surface area contributed by atoms with Crippen LogP contribution in [0.3, 0.4) is 0 Å². The molecule has 168 valence electrons. The molecule has 1 aliphatic carbocycles. The lowest BCUT2D eigenvalue weighted by Crippen LogP contribution is -2.17. The van der Waals surface area contributed by atoms with Gasteiger partial charge in [-0.3, -0.25) is 4.36 Å². The third kappa shape index (κ3) is 5.63. The minimum atomic E-state index is -1.81. The lowest BCUT2D eigenvalue weighted by atomic mass is 10.2. The van der Waals surface area contributed by atoms with Crippen LogP contribution in [0.1, 0.15) is 32.6 Å². The van der Waals surface area contributed by atoms with E-state index in [0.717, 1.165) is 34.8 Å². The van der Waals surface area contributed by atoms with Crippen molar-refractivity contribution in [2.45, 2.75) is 43.5 Å². The molecule has 2 heterocycles. The molecule has 1 amide bonds. The van der Waals surface area contributed by atoms with Gasteiger partial charge >= 0.3 is 6.09 Å². The second-order valence-electron chi connectivity index (χ2n) is 7.25. The second kappa shape index (κ2) is 10.6. The van der Waals surface area contributed by atoms with Crippen LogP contribution in [0.4, 0.5) is 22.2 Å². The Kier molecular flexibility index (Phi) is 7.33. The maximum absolute atomic E-state index is 12.2. The summed E-state index contributed by atoms with van der Waals surface area (Å²) in [5.41, 5.74) is 1.72. The molecule has 8 nitrogen and oxygen atoms in total. The van der Waals surface area contributed by atoms with Crippen LogP contribution in [0.5, 0.6) is 0 Å². The third-order valence-corrected chi connectivity index (χ3v) is 6.90. The van der Waals surface area contributed by atoms with Crippen molar-refractivity contribution in [3.05, 3.63) is 48.0 Å². The smallest absolute Gasteiger partial charge is 0.410 e. The molecule has 4 rings (SSSR count). The molecule has 0 spiro atoms. The lowest BCUT2D eigenvalue weighted by Gasteiger charge is -2.16. The van der Waals surface area contributed by atoms with Gasteiger partial charge in [-0.05, 0) is 43.3 Å². The number of benzene rings is 1. The van der Waals surface area contributed by atoms with E-state index >= 15 is 0 Å². The van der Waals surface area contributed by atoms with E-state index in [0.29, 0.717) is 16.9 Å². The van der Waals surface area contributed by atoms with E-state index in [9.17, 15) is 9.00 Å². The van der Waals surface area contributed by atoms with Crippen molar-refractivity contribution in [1.82, 2.24) is 9.97 Å². The molecule has 3 aromatic rings. The van der Waals surface area contributed by atoms with E-state index < -0.39 is 16.7 Å². The Morgan fingerprint density at radius 2 is 2.03 bits per heavy atom. The van der Waals surface area contributed by atoms with Gasteiger partial charge in [0.25, 0.3) is 0 Å². The standard InChI is InChI=1S/C22H24N5O3S2/c1-2-30-22(28)27-32(29)17-11-9-16(10-12-17)25-21-23-14-18(19-8-5-13-31-19)20(26-21)24-15-6-3-4-7-15/h5,8-15H,2-4,6-7H2,1H3,(H2,23,24,25,26)/q-1. The Morgan fingerprint density at radius 1 is 1.25 bits per heavy atom. The topological polar surface area (TPSA) is 106 Å². The van der Waals surface area contributed by atoms with Crippen LogP contribution < -0.4 is 10.6 Å². The van der Waals surface area contributed by atoms with E-state index in [1.54, 1.807) is 42.5 Å². The number of nitrogens with one attached hydrogen (secondary N) is 2. The first-order valence-electron chi connectivity index (χ1n) is 10.5. The highest BCUT2D eigenvalue weighted by molar-refractivity contribution is 7.75. The van der Waals surface area contributed by atoms with Crippen molar-refractivity contribution in [3.63, 3.8) is 0 Å². The number of rotatable bonds is 7. The minimum absolute atomic E-state index is 0.186. The van der Waals surface area contributed by atoms with Crippen molar-refractivity contribution in [3.8, 4) is 10.4 Å². The first kappa shape index (κ1) is 22.2. The number of nitrogens with zero attached hydrogens (tertiary/aromatic N) is 3. The Hall–Kier alpha value is -2.98. The highest BCUT2D eigenvalue weighted by atomic mass is 32.2. The van der Waals surface area contributed by atoms with Gasteiger partial charge in [0.05, 0.1) is 12.2 Å². The predicted molar refractivity (Wildman–Crippen MR) is 127 cm³/mol. The molecule has 0 aliphatic heterocycles. The summed E-state index contributed by atoms with van der Waals surface area (Å²) in [6.07, 6.45) is 5.75. The maximum Gasteiger partial charge on any atom is 0.410 e. The van der Waals surface area contributed by atoms with Gasteiger partial charge in [-0.2, -0.15) is 4.98 Å². The zero-order valence-electron chi connectivity index (χ0n) is 17.6. The van der Waals surface area contributed by atoms with Crippen LogP contribution in [0, 0.1) is 0 Å². The van der Waals surface area contributed by atoms with Crippen molar-refractivity contribution in [2.75, 3.05) is 17.2 Å². The average molecular weight is 471 g/mol. The summed E-state index contributed by atoms with van der Waals surface area (Å²) in [7, 11) is -1.81. The minimum Gasteiger partial charge on any atom is -0.450 e. The molecule has 1 saturated carbocycles. The summed E-state index contributed by atoms with van der Waals surface area (Å²) >= 11 is 1.66. The normalized spacial score (nSPS) is 14.9. The fourth-order valence-corrected chi connectivity index (χ4v) is 4.88. The van der Waals surface area contributed by atoms with Gasteiger partial charge in [-0.25, -0.2) is 9.78 Å². The first-order valence-corrected chi connectivity index (χ1v) is 12.5. The maximum atomic E-state index is 12.2. The quantitative estimate of drug-likeness (QED) is 0.410. The van der Waals surface area contributed by atoms with Crippen LogP contribution in [0.2, 0.25) is 0 Å². The highest BCUT2D eigenvalue weighted by Crippen LogP contribution is 2.33. The van der Waals surface area contributed by atoms with Crippen molar-refractivity contribution in [2.24, 2.45) is 4.36 Å². The van der Waals surface area contributed by atoms with Gasteiger partial charge in [0.15, 0.2) is 0 Å². The van der Waals surface area contributed by atoms with Gasteiger partial charge in [-0.1, -0.05) is 35.9 Å². The van der Waals surface area contributed by atoms with Gasteiger partial charge in [0.1, 0.15) is 5.82 Å². The third-order valence-electron chi connectivity index (χ3n) is 5.01. The molecule has 0 atom stereocenters. The van der Waals surface area contributed by atoms with Crippen molar-refractivity contribution >= 4 is 45.5 Å². The van der Waals surface area contributed by atoms with E-state index in [1.807, 2.05) is 17.6 Å². The molecule has 0 radical (unpaired) electrons. The number of ether oxygens (including phenoxy) is 1. The van der Waals surface area contributed by atoms with Crippen LogP contribution in [-0.4, -0.2) is 28.7 Å². The highest BCUT2D eigenvalue weighted by Gasteiger charge is 2.18. The van der Waals surface area contributed by atoms with E-state index in [2.05, 4.69) is 26.0 Å². The summed E-state index contributed by atoms with van der Waals surface area (Å²) < 4.78 is 20.4. The Bertz CT molecular complexity index is 1140. The predicted octanol–water partition coefficient (Wildman–Crippen LogP) is 5.97. The summed E-state index contributed by atoms with van der Waals surface area (Å²) in [6, 6.07) is 11.3. The summed E-state index contributed by atoms with van der Waals surface area (Å²) in [6.45, 7) is 1.85. The Morgan fingerprint density at radius 3 is 2.72 bits per heavy atom. The average Bonchev–Trinajstić information content (AvgIpc) is 3.49. The second-order valence-corrected chi connectivity index (χ2v) is 9.35. The summed E-state index contributed by atoms with van der Waals surface area (Å²) in [5, 5.41) is 8.83. The molecule has 0 bridgehead atoms. The van der Waals surface area contributed by atoms with Crippen LogP contribution >= 0.6 is 11.3 Å². The van der Waals surface area contributed by atoms with Crippen LogP contribution in [0.15, 0.2) is 57.2 Å². The fourth-order valence-electron chi connectivity index (χ4n) is 3.48. The molecule has 0 unspecified atom stereocenters. The molecule has 0 saturated heterocycles. The molecule has 1 aromatic carbocycles. The molecule has 2 N–H and O–H groups in total. The number of carbonyl (C=O) groups is 1. The van der Waals surface area contributed by atoms with Crippen LogP contribution in [-0.2, 0) is 19.5 Å². The summed E-state index contributed by atoms with van der Waals surface area (Å²) in [4.78, 5) is 22.1. The molecule has 32 heavy (non-hydrogen) atoms. The lowest BCUT2D eigenvalue weighted by molar-refractivity contribution is 0.164. The number of aromatic nitrogens is 2. The van der Waals surface area contributed by atoms with Crippen LogP contribution in [0.25, 0.3) is 10.4 Å². The van der Waals surface area contributed by atoms with Gasteiger partial charge in [0, 0.05) is 22.8 Å². The Labute approximate surface area is 192 Å². The number of amides is 1. The van der Waals surface area contributed by atoms with Gasteiger partial charge in [0.2, 0.25) is 5.95 Å². The largest absolute Gasteiger partial charge is 0.450 e. The Balaban J connectivity index is 1.52. The molecular weight excluding hydrogens is 446 g/mol. The number of carbonyl (C=O) groups excluding carboxylic acids is 1. The van der Waals surface area contributed by atoms with Gasteiger partial charge in [-0.15, -0.1) is 21.9 Å². The van der Waals surface area contributed by atoms with E-state index in [-0.39, 0.29) is 6.61 Å². The molecule has 1 fully saturated rings. The van der Waals surface area contributed by atoms with E-state index in [4.69, 9.17) is 9.72 Å². The number of hydrogen-bond acceptors (Lipinski definition) is 9. The molecular formula is C22H24N5O3S2-. The molecule has 1 aliphatic rings. The zero-order valence-corrected chi connectivity index (χ0v) is 19.2. The SMILES string of the molecule is CCOC(=O)N=[S-](=O)c1ccc(Nc2ncc(-c3cccs3)c(NC3CCCC3)n2)cc1. The molecule has 2 aromatic heterocycles. The van der Waals surface area contributed by atoms with Gasteiger partial charge < -0.3 is 19.6 Å². The molecule has 10 heteroatoms.